The number of aromatic nitrogens is 1. The molecular formula is C19H14FNO2. The maximum Gasteiger partial charge on any atom is 0.220 e. The Balaban J connectivity index is 1.65. The summed E-state index contributed by atoms with van der Waals surface area (Å²) in [6.45, 7) is 0.723. The zero-order valence-corrected chi connectivity index (χ0v) is 12.3. The van der Waals surface area contributed by atoms with E-state index in [1.807, 2.05) is 18.2 Å². The second-order valence-electron chi connectivity index (χ2n) is 5.29. The van der Waals surface area contributed by atoms with E-state index >= 15 is 0 Å². The van der Waals surface area contributed by atoms with Crippen LogP contribution < -0.4 is 0 Å². The lowest BCUT2D eigenvalue weighted by atomic mass is 10.1. The lowest BCUT2D eigenvalue weighted by molar-refractivity contribution is 0.307. The predicted molar refractivity (Wildman–Crippen MR) is 87.9 cm³/mol. The maximum absolute atomic E-state index is 13.6. The number of ether oxygens (including phenoxy) is 1. The lowest BCUT2D eigenvalue weighted by Crippen LogP contribution is -1.85. The van der Waals surface area contributed by atoms with Crippen LogP contribution in [0.2, 0.25) is 0 Å². The maximum atomic E-state index is 13.6. The van der Waals surface area contributed by atoms with E-state index in [2.05, 4.69) is 11.1 Å². The van der Waals surface area contributed by atoms with Crippen molar-refractivity contribution >= 4 is 29.0 Å². The van der Waals surface area contributed by atoms with E-state index in [4.69, 9.17) is 9.15 Å². The average Bonchev–Trinajstić information content (AvgIpc) is 3.22. The smallest absolute Gasteiger partial charge is 0.220 e. The molecule has 2 aromatic carbocycles. The van der Waals surface area contributed by atoms with Crippen molar-refractivity contribution in [2.75, 3.05) is 6.61 Å². The molecule has 0 radical (unpaired) electrons. The van der Waals surface area contributed by atoms with E-state index < -0.39 is 0 Å². The number of hydrogen-bond acceptors (Lipinski definition) is 3. The van der Waals surface area contributed by atoms with E-state index in [9.17, 15) is 4.39 Å². The Morgan fingerprint density at radius 3 is 2.83 bits per heavy atom. The summed E-state index contributed by atoms with van der Waals surface area (Å²) in [4.78, 5) is 4.39. The molecule has 3 aromatic rings. The molecule has 4 heteroatoms. The number of oxazole rings is 1. The molecule has 1 aliphatic rings. The zero-order valence-electron chi connectivity index (χ0n) is 12.3. The van der Waals surface area contributed by atoms with Gasteiger partial charge in [-0.1, -0.05) is 18.2 Å². The van der Waals surface area contributed by atoms with Gasteiger partial charge < -0.3 is 9.15 Å². The molecule has 1 aliphatic heterocycles. The highest BCUT2D eigenvalue weighted by Gasteiger charge is 2.11. The van der Waals surface area contributed by atoms with Crippen LogP contribution in [-0.2, 0) is 4.74 Å². The van der Waals surface area contributed by atoms with Crippen molar-refractivity contribution < 1.29 is 13.5 Å². The molecule has 0 aliphatic carbocycles. The van der Waals surface area contributed by atoms with E-state index in [-0.39, 0.29) is 5.82 Å². The summed E-state index contributed by atoms with van der Waals surface area (Å²) in [5, 5.41) is 0. The molecule has 23 heavy (non-hydrogen) atoms. The van der Waals surface area contributed by atoms with E-state index in [1.54, 1.807) is 30.4 Å². The quantitative estimate of drug-likeness (QED) is 0.690. The van der Waals surface area contributed by atoms with Gasteiger partial charge in [-0.05, 0) is 36.4 Å². The molecule has 0 atom stereocenters. The Morgan fingerprint density at radius 1 is 1.09 bits per heavy atom. The molecule has 0 amide bonds. The van der Waals surface area contributed by atoms with Gasteiger partial charge in [0.05, 0.1) is 6.61 Å². The minimum absolute atomic E-state index is 0.271. The Morgan fingerprint density at radius 2 is 2.00 bits per heavy atom. The summed E-state index contributed by atoms with van der Waals surface area (Å²) in [5.41, 5.74) is 2.93. The van der Waals surface area contributed by atoms with Crippen LogP contribution in [0.15, 0.2) is 53.0 Å². The van der Waals surface area contributed by atoms with Crippen LogP contribution in [0.4, 0.5) is 4.39 Å². The third-order valence-electron chi connectivity index (χ3n) is 3.71. The minimum Gasteiger partial charge on any atom is -0.493 e. The summed E-state index contributed by atoms with van der Waals surface area (Å²) in [5.74, 6) is 1.06. The van der Waals surface area contributed by atoms with Crippen molar-refractivity contribution in [2.45, 2.75) is 6.42 Å². The highest BCUT2D eigenvalue weighted by molar-refractivity contribution is 5.80. The molecule has 0 saturated carbocycles. The first-order valence-electron chi connectivity index (χ1n) is 7.46. The van der Waals surface area contributed by atoms with Gasteiger partial charge in [0.15, 0.2) is 5.58 Å². The number of nitrogens with zero attached hydrogens (tertiary/aromatic N) is 1. The first-order chi connectivity index (χ1) is 11.3. The predicted octanol–water partition coefficient (Wildman–Crippen LogP) is 4.90. The fraction of sp³-hybridized carbons (Fsp3) is 0.105. The SMILES string of the molecule is Fc1ccccc1/C=C/c1nc2ccc(C3=CCCO3)cc2o1. The third kappa shape index (κ3) is 2.75. The van der Waals surface area contributed by atoms with Gasteiger partial charge in [0.25, 0.3) is 0 Å². The molecule has 2 heterocycles. The molecule has 0 spiro atoms. The molecule has 114 valence electrons. The average molecular weight is 307 g/mol. The van der Waals surface area contributed by atoms with E-state index in [1.165, 1.54) is 6.07 Å². The van der Waals surface area contributed by atoms with E-state index in [0.29, 0.717) is 17.0 Å². The molecule has 4 rings (SSSR count). The number of halogens is 1. The van der Waals surface area contributed by atoms with Crippen molar-refractivity contribution in [3.63, 3.8) is 0 Å². The van der Waals surface area contributed by atoms with Crippen LogP contribution >= 0.6 is 0 Å². The summed E-state index contributed by atoms with van der Waals surface area (Å²) < 4.78 is 24.9. The van der Waals surface area contributed by atoms with Crippen LogP contribution in [-0.4, -0.2) is 11.6 Å². The van der Waals surface area contributed by atoms with Crippen molar-refractivity contribution in [1.82, 2.24) is 4.98 Å². The fourth-order valence-electron chi connectivity index (χ4n) is 2.56. The van der Waals surface area contributed by atoms with E-state index in [0.717, 1.165) is 29.9 Å². The Bertz CT molecular complexity index is 924. The molecule has 0 fully saturated rings. The second-order valence-corrected chi connectivity index (χ2v) is 5.29. The molecule has 3 nitrogen and oxygen atoms in total. The van der Waals surface area contributed by atoms with Gasteiger partial charge >= 0.3 is 0 Å². The number of rotatable bonds is 3. The Labute approximate surface area is 132 Å². The van der Waals surface area contributed by atoms with Gasteiger partial charge in [0.1, 0.15) is 17.1 Å². The number of fused-ring (bicyclic) bond motifs is 1. The van der Waals surface area contributed by atoms with Gasteiger partial charge in [-0.2, -0.15) is 0 Å². The molecule has 0 unspecified atom stereocenters. The summed E-state index contributed by atoms with van der Waals surface area (Å²) in [6.07, 6.45) is 6.32. The van der Waals surface area contributed by atoms with Crippen LogP contribution in [0.25, 0.3) is 29.0 Å². The second kappa shape index (κ2) is 5.72. The highest BCUT2D eigenvalue weighted by Crippen LogP contribution is 2.26. The van der Waals surface area contributed by atoms with Gasteiger partial charge in [-0.25, -0.2) is 9.37 Å². The number of benzene rings is 2. The molecular weight excluding hydrogens is 293 g/mol. The fourth-order valence-corrected chi connectivity index (χ4v) is 2.56. The van der Waals surface area contributed by atoms with Gasteiger partial charge in [-0.3, -0.25) is 0 Å². The summed E-state index contributed by atoms with van der Waals surface area (Å²) in [7, 11) is 0. The van der Waals surface area contributed by atoms with Crippen LogP contribution in [0.1, 0.15) is 23.4 Å². The Hall–Kier alpha value is -2.88. The van der Waals surface area contributed by atoms with Gasteiger partial charge in [0.2, 0.25) is 5.89 Å². The third-order valence-corrected chi connectivity index (χ3v) is 3.71. The van der Waals surface area contributed by atoms with Crippen LogP contribution in [0, 0.1) is 5.82 Å². The Kier molecular flexibility index (Phi) is 3.42. The standard InChI is InChI=1S/C19H14FNO2/c20-15-5-2-1-4-13(15)8-10-19-21-16-9-7-14(12-18(16)23-19)17-6-3-11-22-17/h1-2,4-10,12H,3,11H2/b10-8+. The van der Waals surface area contributed by atoms with Crippen molar-refractivity contribution in [3.8, 4) is 0 Å². The zero-order chi connectivity index (χ0) is 15.6. The minimum atomic E-state index is -0.271. The highest BCUT2D eigenvalue weighted by atomic mass is 19.1. The van der Waals surface area contributed by atoms with Crippen molar-refractivity contribution in [1.29, 1.82) is 0 Å². The first-order valence-corrected chi connectivity index (χ1v) is 7.46. The normalized spacial score (nSPS) is 14.4. The molecule has 0 bridgehead atoms. The molecule has 1 aromatic heterocycles. The summed E-state index contributed by atoms with van der Waals surface area (Å²) >= 11 is 0. The van der Waals surface area contributed by atoms with Gasteiger partial charge in [0, 0.05) is 23.6 Å². The van der Waals surface area contributed by atoms with Crippen LogP contribution in [0.3, 0.4) is 0 Å². The number of hydrogen-bond donors (Lipinski definition) is 0. The monoisotopic (exact) mass is 307 g/mol. The lowest BCUT2D eigenvalue weighted by Gasteiger charge is -2.02. The van der Waals surface area contributed by atoms with Crippen molar-refractivity contribution in [3.05, 3.63) is 71.4 Å². The van der Waals surface area contributed by atoms with Crippen LogP contribution in [0.5, 0.6) is 0 Å². The van der Waals surface area contributed by atoms with Crippen molar-refractivity contribution in [2.24, 2.45) is 0 Å². The van der Waals surface area contributed by atoms with Gasteiger partial charge in [-0.15, -0.1) is 0 Å². The summed E-state index contributed by atoms with van der Waals surface area (Å²) in [6, 6.07) is 12.4. The molecule has 0 saturated heterocycles. The molecule has 0 N–H and O–H groups in total. The topological polar surface area (TPSA) is 35.3 Å². The largest absolute Gasteiger partial charge is 0.493 e. The first kappa shape index (κ1) is 13.8.